The Morgan fingerprint density at radius 2 is 2.12 bits per heavy atom. The first-order valence-electron chi connectivity index (χ1n) is 9.06. The third-order valence-electron chi connectivity index (χ3n) is 4.65. The maximum Gasteiger partial charge on any atom is 0.222 e. The van der Waals surface area contributed by atoms with Gasteiger partial charge in [-0.3, -0.25) is 9.88 Å². The van der Waals surface area contributed by atoms with E-state index in [4.69, 9.17) is 0 Å². The molecule has 0 saturated heterocycles. The van der Waals surface area contributed by atoms with Crippen LogP contribution < -0.4 is 5.32 Å². The zero-order chi connectivity index (χ0) is 17.8. The van der Waals surface area contributed by atoms with Crippen LogP contribution in [0.15, 0.2) is 43.2 Å². The highest BCUT2D eigenvalue weighted by Crippen LogP contribution is 2.33. The van der Waals surface area contributed by atoms with E-state index in [2.05, 4.69) is 48.1 Å². The molecule has 4 rings (SSSR count). The average Bonchev–Trinajstić information content (AvgIpc) is 3.17. The molecule has 1 aliphatic heterocycles. The maximum atomic E-state index is 4.59. The van der Waals surface area contributed by atoms with E-state index in [-0.39, 0.29) is 6.04 Å². The van der Waals surface area contributed by atoms with Gasteiger partial charge in [0.2, 0.25) is 5.95 Å². The van der Waals surface area contributed by atoms with Crippen molar-refractivity contribution >= 4 is 5.95 Å². The molecule has 0 amide bonds. The molecule has 26 heavy (non-hydrogen) atoms. The highest BCUT2D eigenvalue weighted by Gasteiger charge is 2.31. The van der Waals surface area contributed by atoms with Crippen LogP contribution in [0.25, 0.3) is 0 Å². The summed E-state index contributed by atoms with van der Waals surface area (Å²) in [5.41, 5.74) is 4.56. The number of anilines is 1. The quantitative estimate of drug-likeness (QED) is 0.712. The molecule has 2 N–H and O–H groups in total. The van der Waals surface area contributed by atoms with Crippen molar-refractivity contribution < 1.29 is 0 Å². The first-order chi connectivity index (χ1) is 12.8. The van der Waals surface area contributed by atoms with E-state index in [1.54, 1.807) is 12.5 Å². The Hall–Kier alpha value is -2.80. The van der Waals surface area contributed by atoms with Crippen molar-refractivity contribution in [2.45, 2.75) is 32.4 Å². The SMILES string of the molecule is CCCNc1ncc(CN2CCc3[nH]cnc3C2c2cccnc2)cn1. The van der Waals surface area contributed by atoms with Crippen LogP contribution in [0.2, 0.25) is 0 Å². The van der Waals surface area contributed by atoms with Gasteiger partial charge in [-0.25, -0.2) is 15.0 Å². The molecule has 3 aromatic heterocycles. The number of nitrogens with one attached hydrogen (secondary N) is 2. The monoisotopic (exact) mass is 349 g/mol. The van der Waals surface area contributed by atoms with Crippen molar-refractivity contribution in [3.63, 3.8) is 0 Å². The summed E-state index contributed by atoms with van der Waals surface area (Å²) < 4.78 is 0. The van der Waals surface area contributed by atoms with Gasteiger partial charge in [-0.1, -0.05) is 13.0 Å². The molecule has 4 heterocycles. The van der Waals surface area contributed by atoms with Gasteiger partial charge in [0, 0.05) is 62.1 Å². The molecule has 1 atom stereocenters. The number of fused-ring (bicyclic) bond motifs is 1. The van der Waals surface area contributed by atoms with Gasteiger partial charge in [-0.05, 0) is 18.1 Å². The summed E-state index contributed by atoms with van der Waals surface area (Å²) in [7, 11) is 0. The zero-order valence-corrected chi connectivity index (χ0v) is 14.9. The van der Waals surface area contributed by atoms with Crippen molar-refractivity contribution in [2.24, 2.45) is 0 Å². The van der Waals surface area contributed by atoms with Crippen LogP contribution in [0, 0.1) is 0 Å². The number of H-pyrrole nitrogens is 1. The van der Waals surface area contributed by atoms with Gasteiger partial charge in [-0.2, -0.15) is 0 Å². The molecule has 0 saturated carbocycles. The molecule has 1 aliphatic rings. The fourth-order valence-electron chi connectivity index (χ4n) is 3.40. The molecular formula is C19H23N7. The third-order valence-corrected chi connectivity index (χ3v) is 4.65. The van der Waals surface area contributed by atoms with E-state index >= 15 is 0 Å². The number of rotatable bonds is 6. The van der Waals surface area contributed by atoms with Crippen LogP contribution in [-0.2, 0) is 13.0 Å². The number of aromatic amines is 1. The summed E-state index contributed by atoms with van der Waals surface area (Å²) in [5.74, 6) is 0.688. The van der Waals surface area contributed by atoms with Crippen LogP contribution in [0.1, 0.15) is 41.9 Å². The molecule has 0 radical (unpaired) electrons. The van der Waals surface area contributed by atoms with E-state index in [0.717, 1.165) is 49.3 Å². The number of nitrogens with zero attached hydrogens (tertiary/aromatic N) is 5. The van der Waals surface area contributed by atoms with E-state index in [1.165, 1.54) is 5.69 Å². The summed E-state index contributed by atoms with van der Waals surface area (Å²) in [6.45, 7) is 4.74. The van der Waals surface area contributed by atoms with Crippen molar-refractivity contribution in [1.29, 1.82) is 0 Å². The first kappa shape index (κ1) is 16.7. The first-order valence-corrected chi connectivity index (χ1v) is 9.06. The fourth-order valence-corrected chi connectivity index (χ4v) is 3.40. The zero-order valence-electron chi connectivity index (χ0n) is 14.9. The molecule has 7 heteroatoms. The fraction of sp³-hybridized carbons (Fsp3) is 0.368. The molecular weight excluding hydrogens is 326 g/mol. The van der Waals surface area contributed by atoms with Gasteiger partial charge in [0.05, 0.1) is 18.1 Å². The maximum absolute atomic E-state index is 4.59. The van der Waals surface area contributed by atoms with Crippen LogP contribution in [-0.4, -0.2) is 42.9 Å². The minimum absolute atomic E-state index is 0.0941. The minimum atomic E-state index is 0.0941. The van der Waals surface area contributed by atoms with Gasteiger partial charge in [-0.15, -0.1) is 0 Å². The smallest absolute Gasteiger partial charge is 0.222 e. The number of pyridine rings is 1. The van der Waals surface area contributed by atoms with Crippen molar-refractivity contribution in [3.05, 3.63) is 65.8 Å². The molecule has 0 aliphatic carbocycles. The number of hydrogen-bond donors (Lipinski definition) is 2. The summed E-state index contributed by atoms with van der Waals surface area (Å²) >= 11 is 0. The molecule has 7 nitrogen and oxygen atoms in total. The van der Waals surface area contributed by atoms with Gasteiger partial charge >= 0.3 is 0 Å². The van der Waals surface area contributed by atoms with E-state index in [9.17, 15) is 0 Å². The van der Waals surface area contributed by atoms with E-state index in [0.29, 0.717) is 5.95 Å². The lowest BCUT2D eigenvalue weighted by Gasteiger charge is -2.35. The predicted molar refractivity (Wildman–Crippen MR) is 99.6 cm³/mol. The largest absolute Gasteiger partial charge is 0.354 e. The van der Waals surface area contributed by atoms with Crippen molar-refractivity contribution in [1.82, 2.24) is 29.8 Å². The van der Waals surface area contributed by atoms with Gasteiger partial charge in [0.1, 0.15) is 0 Å². The topological polar surface area (TPSA) is 82.6 Å². The molecule has 0 spiro atoms. The predicted octanol–water partition coefficient (Wildman–Crippen LogP) is 2.56. The molecule has 1 unspecified atom stereocenters. The van der Waals surface area contributed by atoms with Crippen molar-refractivity contribution in [3.8, 4) is 0 Å². The van der Waals surface area contributed by atoms with Crippen molar-refractivity contribution in [2.75, 3.05) is 18.4 Å². The Morgan fingerprint density at radius 1 is 1.23 bits per heavy atom. The Bertz CT molecular complexity index is 829. The molecule has 0 fully saturated rings. The van der Waals surface area contributed by atoms with Crippen LogP contribution in [0.5, 0.6) is 0 Å². The molecule has 0 bridgehead atoms. The number of aromatic nitrogens is 5. The normalized spacial score (nSPS) is 17.0. The van der Waals surface area contributed by atoms with E-state index < -0.39 is 0 Å². The minimum Gasteiger partial charge on any atom is -0.354 e. The summed E-state index contributed by atoms with van der Waals surface area (Å²) in [4.78, 5) is 23.4. The highest BCUT2D eigenvalue weighted by atomic mass is 15.2. The lowest BCUT2D eigenvalue weighted by Crippen LogP contribution is -2.36. The Balaban J connectivity index is 1.57. The van der Waals surface area contributed by atoms with Gasteiger partial charge < -0.3 is 10.3 Å². The Labute approximate surface area is 152 Å². The van der Waals surface area contributed by atoms with E-state index in [1.807, 2.05) is 24.7 Å². The molecule has 134 valence electrons. The molecule has 0 aromatic carbocycles. The van der Waals surface area contributed by atoms with Gasteiger partial charge in [0.15, 0.2) is 0 Å². The second-order valence-electron chi connectivity index (χ2n) is 6.52. The van der Waals surface area contributed by atoms with Crippen LogP contribution in [0.3, 0.4) is 0 Å². The van der Waals surface area contributed by atoms with Gasteiger partial charge in [0.25, 0.3) is 0 Å². The molecule has 3 aromatic rings. The summed E-state index contributed by atoms with van der Waals surface area (Å²) in [6, 6.07) is 4.19. The van der Waals surface area contributed by atoms with Crippen LogP contribution in [0.4, 0.5) is 5.95 Å². The third kappa shape index (κ3) is 3.43. The highest BCUT2D eigenvalue weighted by molar-refractivity contribution is 5.31. The standard InChI is InChI=1S/C19H23N7/c1-2-6-21-19-22-9-14(10-23-19)12-26-8-5-16-17(25-13-24-16)18(26)15-4-3-7-20-11-15/h3-4,7,9-11,13,18H,2,5-6,8,12H2,1H3,(H,24,25)(H,21,22,23). The average molecular weight is 349 g/mol. The number of imidazole rings is 1. The second kappa shape index (κ2) is 7.61. The Morgan fingerprint density at radius 3 is 2.88 bits per heavy atom. The summed E-state index contributed by atoms with van der Waals surface area (Å²) in [6.07, 6.45) is 11.3. The second-order valence-corrected chi connectivity index (χ2v) is 6.52. The Kier molecular flexibility index (Phi) is 4.88. The lowest BCUT2D eigenvalue weighted by atomic mass is 9.96. The summed E-state index contributed by atoms with van der Waals surface area (Å²) in [5, 5.41) is 3.21. The van der Waals surface area contributed by atoms with Crippen LogP contribution >= 0.6 is 0 Å². The lowest BCUT2D eigenvalue weighted by molar-refractivity contribution is 0.199. The number of hydrogen-bond acceptors (Lipinski definition) is 6.